The second-order valence-electron chi connectivity index (χ2n) is 5.15. The summed E-state index contributed by atoms with van der Waals surface area (Å²) in [7, 11) is 6.20. The van der Waals surface area contributed by atoms with Crippen LogP contribution in [0.25, 0.3) is 0 Å². The van der Waals surface area contributed by atoms with E-state index in [1.807, 2.05) is 19.4 Å². The molecule has 0 saturated carbocycles. The van der Waals surface area contributed by atoms with E-state index in [4.69, 9.17) is 0 Å². The van der Waals surface area contributed by atoms with Crippen molar-refractivity contribution in [3.63, 3.8) is 0 Å². The van der Waals surface area contributed by atoms with Gasteiger partial charge in [0.25, 0.3) is 0 Å². The van der Waals surface area contributed by atoms with Gasteiger partial charge in [-0.05, 0) is 32.2 Å². The number of hydrogen-bond acceptors (Lipinski definition) is 6. The van der Waals surface area contributed by atoms with Crippen molar-refractivity contribution in [1.29, 1.82) is 0 Å². The Hall–Kier alpha value is -1.01. The minimum Gasteiger partial charge on any atom is -0.373 e. The van der Waals surface area contributed by atoms with Crippen molar-refractivity contribution >= 4 is 23.4 Å². The molecule has 106 valence electrons. The van der Waals surface area contributed by atoms with Crippen LogP contribution in [0.5, 0.6) is 0 Å². The topological polar surface area (TPSA) is 44.3 Å². The summed E-state index contributed by atoms with van der Waals surface area (Å²) in [6.45, 7) is 3.45. The van der Waals surface area contributed by atoms with E-state index >= 15 is 0 Å². The molecule has 0 amide bonds. The Bertz CT molecular complexity index is 403. The fourth-order valence-corrected chi connectivity index (χ4v) is 2.86. The highest BCUT2D eigenvalue weighted by Crippen LogP contribution is 2.22. The average Bonchev–Trinajstić information content (AvgIpc) is 2.83. The van der Waals surface area contributed by atoms with E-state index in [-0.39, 0.29) is 0 Å². The van der Waals surface area contributed by atoms with Crippen LogP contribution < -0.4 is 10.2 Å². The second-order valence-corrected chi connectivity index (χ2v) is 5.92. The van der Waals surface area contributed by atoms with Crippen LogP contribution in [0.3, 0.4) is 0 Å². The van der Waals surface area contributed by atoms with Crippen molar-refractivity contribution in [3.8, 4) is 0 Å². The molecule has 19 heavy (non-hydrogen) atoms. The first kappa shape index (κ1) is 14.4. The molecule has 2 rings (SSSR count). The molecule has 0 aromatic carbocycles. The zero-order valence-corrected chi connectivity index (χ0v) is 13.0. The first-order valence-electron chi connectivity index (χ1n) is 6.63. The van der Waals surface area contributed by atoms with Crippen LogP contribution in [0.1, 0.15) is 6.42 Å². The summed E-state index contributed by atoms with van der Waals surface area (Å²) in [5, 5.41) is 3.92. The van der Waals surface area contributed by atoms with Gasteiger partial charge in [0, 0.05) is 33.3 Å². The van der Waals surface area contributed by atoms with Crippen molar-refractivity contribution in [2.45, 2.75) is 11.6 Å². The Morgan fingerprint density at radius 1 is 1.53 bits per heavy atom. The van der Waals surface area contributed by atoms with Crippen LogP contribution in [0, 0.1) is 5.92 Å². The van der Waals surface area contributed by atoms with E-state index in [2.05, 4.69) is 39.2 Å². The van der Waals surface area contributed by atoms with Crippen LogP contribution >= 0.6 is 11.8 Å². The van der Waals surface area contributed by atoms with Gasteiger partial charge in [0.2, 0.25) is 0 Å². The fraction of sp³-hybridized carbons (Fsp3) is 0.692. The largest absolute Gasteiger partial charge is 0.373 e. The molecule has 1 saturated heterocycles. The van der Waals surface area contributed by atoms with Crippen LogP contribution in [0.15, 0.2) is 11.2 Å². The third-order valence-electron chi connectivity index (χ3n) is 3.54. The van der Waals surface area contributed by atoms with Crippen LogP contribution in [-0.4, -0.2) is 61.9 Å². The highest BCUT2D eigenvalue weighted by Gasteiger charge is 2.21. The van der Waals surface area contributed by atoms with Crippen molar-refractivity contribution in [2.24, 2.45) is 5.92 Å². The van der Waals surface area contributed by atoms with Gasteiger partial charge in [-0.15, -0.1) is 0 Å². The number of thioether (sulfide) groups is 1. The second kappa shape index (κ2) is 6.43. The van der Waals surface area contributed by atoms with Crippen LogP contribution in [0.2, 0.25) is 0 Å². The minimum atomic E-state index is 0.737. The minimum absolute atomic E-state index is 0.737. The maximum atomic E-state index is 4.59. The van der Waals surface area contributed by atoms with E-state index in [9.17, 15) is 0 Å². The van der Waals surface area contributed by atoms with Crippen molar-refractivity contribution in [1.82, 2.24) is 14.9 Å². The van der Waals surface area contributed by atoms with Gasteiger partial charge >= 0.3 is 0 Å². The Morgan fingerprint density at radius 2 is 2.32 bits per heavy atom. The molecule has 5 nitrogen and oxygen atoms in total. The molecular formula is C13H23N5S. The van der Waals surface area contributed by atoms with Gasteiger partial charge in [-0.25, -0.2) is 9.97 Å². The molecule has 1 aliphatic rings. The summed E-state index contributed by atoms with van der Waals surface area (Å²) in [4.78, 5) is 13.6. The number of rotatable bonds is 5. The molecule has 0 bridgehead atoms. The molecule has 6 heteroatoms. The highest BCUT2D eigenvalue weighted by molar-refractivity contribution is 7.98. The first-order valence-corrected chi connectivity index (χ1v) is 7.85. The van der Waals surface area contributed by atoms with Crippen molar-refractivity contribution < 1.29 is 0 Å². The first-order chi connectivity index (χ1) is 9.12. The average molecular weight is 281 g/mol. The quantitative estimate of drug-likeness (QED) is 0.654. The van der Waals surface area contributed by atoms with Gasteiger partial charge in [-0.2, -0.15) is 0 Å². The summed E-state index contributed by atoms with van der Waals surface area (Å²) in [5.41, 5.74) is 0. The lowest BCUT2D eigenvalue weighted by Gasteiger charge is -2.22. The maximum absolute atomic E-state index is 4.59. The number of hydrogen-bond donors (Lipinski definition) is 1. The monoisotopic (exact) mass is 281 g/mol. The molecule has 1 N–H and O–H groups in total. The van der Waals surface area contributed by atoms with Crippen LogP contribution in [0.4, 0.5) is 11.6 Å². The van der Waals surface area contributed by atoms with Gasteiger partial charge in [-0.1, -0.05) is 11.8 Å². The molecule has 0 spiro atoms. The molecule has 2 heterocycles. The third-order valence-corrected chi connectivity index (χ3v) is 4.09. The Morgan fingerprint density at radius 3 is 2.89 bits per heavy atom. The normalized spacial score (nSPS) is 19.7. The summed E-state index contributed by atoms with van der Waals surface area (Å²) in [5.74, 6) is 2.61. The van der Waals surface area contributed by atoms with Gasteiger partial charge in [0.1, 0.15) is 11.6 Å². The van der Waals surface area contributed by atoms with Crippen molar-refractivity contribution in [3.05, 3.63) is 6.07 Å². The molecule has 0 radical (unpaired) electrons. The van der Waals surface area contributed by atoms with Crippen molar-refractivity contribution in [2.75, 3.05) is 57.2 Å². The van der Waals surface area contributed by atoms with E-state index in [0.29, 0.717) is 0 Å². The highest BCUT2D eigenvalue weighted by atomic mass is 32.2. The maximum Gasteiger partial charge on any atom is 0.191 e. The number of nitrogens with one attached hydrogen (secondary N) is 1. The van der Waals surface area contributed by atoms with E-state index in [1.54, 1.807) is 11.8 Å². The van der Waals surface area contributed by atoms with Gasteiger partial charge < -0.3 is 15.1 Å². The zero-order chi connectivity index (χ0) is 13.8. The SMILES string of the molecule is CNc1cc(N(C)CC2CCN(C)C2)nc(SC)n1. The Labute approximate surface area is 119 Å². The molecule has 1 atom stereocenters. The predicted molar refractivity (Wildman–Crippen MR) is 82.2 cm³/mol. The van der Waals surface area contributed by atoms with Gasteiger partial charge in [0.15, 0.2) is 5.16 Å². The van der Waals surface area contributed by atoms with Gasteiger partial charge in [0.05, 0.1) is 0 Å². The lowest BCUT2D eigenvalue weighted by Crippen LogP contribution is -2.28. The number of nitrogens with zero attached hydrogens (tertiary/aromatic N) is 4. The Kier molecular flexibility index (Phi) is 4.87. The van der Waals surface area contributed by atoms with Crippen LogP contribution in [-0.2, 0) is 0 Å². The Balaban J connectivity index is 2.07. The number of anilines is 2. The number of likely N-dealkylation sites (tertiary alicyclic amines) is 1. The molecule has 1 aromatic heterocycles. The zero-order valence-electron chi connectivity index (χ0n) is 12.2. The van der Waals surface area contributed by atoms with E-state index in [1.165, 1.54) is 19.5 Å². The lowest BCUT2D eigenvalue weighted by atomic mass is 10.1. The summed E-state index contributed by atoms with van der Waals surface area (Å²) >= 11 is 1.58. The summed E-state index contributed by atoms with van der Waals surface area (Å²) < 4.78 is 0. The molecule has 1 aromatic rings. The lowest BCUT2D eigenvalue weighted by molar-refractivity contribution is 0.395. The molecular weight excluding hydrogens is 258 g/mol. The van der Waals surface area contributed by atoms with Gasteiger partial charge in [-0.3, -0.25) is 0 Å². The molecule has 1 unspecified atom stereocenters. The standard InChI is InChI=1S/C13H23N5S/c1-14-11-7-12(16-13(15-11)19-4)18(3)9-10-5-6-17(2)8-10/h7,10H,5-6,8-9H2,1-4H3,(H,14,15,16). The number of aromatic nitrogens is 2. The molecule has 1 aliphatic heterocycles. The molecule has 0 aliphatic carbocycles. The molecule has 1 fully saturated rings. The van der Waals surface area contributed by atoms with E-state index < -0.39 is 0 Å². The smallest absolute Gasteiger partial charge is 0.191 e. The summed E-state index contributed by atoms with van der Waals surface area (Å²) in [6, 6.07) is 2.01. The van der Waals surface area contributed by atoms with E-state index in [0.717, 1.165) is 29.3 Å². The predicted octanol–water partition coefficient (Wildman–Crippen LogP) is 1.63. The fourth-order valence-electron chi connectivity index (χ4n) is 2.48. The summed E-state index contributed by atoms with van der Waals surface area (Å²) in [6.07, 6.45) is 3.28. The third kappa shape index (κ3) is 3.73.